The van der Waals surface area contributed by atoms with Gasteiger partial charge in [-0.2, -0.15) is 12.6 Å². The average molecular weight is 1180 g/mol. The summed E-state index contributed by atoms with van der Waals surface area (Å²) in [6, 6.07) is 27.4. The van der Waals surface area contributed by atoms with Crippen molar-refractivity contribution in [2.24, 2.45) is 17.8 Å². The molecular weight excluding hydrogens is 1120 g/mol. The van der Waals surface area contributed by atoms with Crippen molar-refractivity contribution < 1.29 is 38.7 Å². The number of hydrogen-bond donors (Lipinski definition) is 6. The zero-order valence-corrected chi connectivity index (χ0v) is 44.5. The standard InChI is InChI=1S/C28H34FNO.C24H26FNO5.CH3IS.HIS/c1-5-26-18(3)17(2)19(4)28(31-26)30-16-23(27-24(29)7-6-8-25(27)30)15-20-9-11-21(12-10-20)22-13-14-22;25-17-2-1-3-18-20(17)16(10-13-4-6-14(7-5-13)15-8-9-15)11-26(18)24-23(30)22(29)21(28)19(12-27)31-24;2-1-3;1-2/h6-12,16-19,22,26,28H,5,13-15H2,1-4H3;1-7,11,15,19,21-24,27-30H,8-10,12H2;3H,1H2;2H/t17-,18-,19+,26+,28+;19-,21-,22+,23-,24-;;/m01../s1. The molecule has 2 aliphatic carbocycles. The van der Waals surface area contributed by atoms with E-state index in [1.165, 1.54) is 48.4 Å². The predicted octanol–water partition coefficient (Wildman–Crippen LogP) is 12.3. The minimum Gasteiger partial charge on any atom is -0.394 e. The van der Waals surface area contributed by atoms with Gasteiger partial charge in [0, 0.05) is 32.8 Å². The topological polar surface area (TPSA) is 109 Å². The number of benzene rings is 4. The van der Waals surface area contributed by atoms with Crippen molar-refractivity contribution in [2.45, 2.75) is 127 Å². The number of hydrogen-bond acceptors (Lipinski definition) is 8. The van der Waals surface area contributed by atoms with Crippen LogP contribution in [0.15, 0.2) is 97.3 Å². The van der Waals surface area contributed by atoms with Gasteiger partial charge in [0.2, 0.25) is 0 Å². The molecule has 14 heteroatoms. The number of ether oxygens (including phenoxy) is 2. The second-order valence-electron chi connectivity index (χ2n) is 18.7. The molecule has 4 aromatic carbocycles. The van der Waals surface area contributed by atoms with Gasteiger partial charge in [0.25, 0.3) is 0 Å². The molecule has 2 saturated heterocycles. The first-order chi connectivity index (χ1) is 32.4. The van der Waals surface area contributed by atoms with E-state index >= 15 is 4.39 Å². The highest BCUT2D eigenvalue weighted by atomic mass is 127. The van der Waals surface area contributed by atoms with Crippen LogP contribution in [0.1, 0.15) is 117 Å². The highest BCUT2D eigenvalue weighted by Gasteiger charge is 2.45. The lowest BCUT2D eigenvalue weighted by atomic mass is 9.77. The highest BCUT2D eigenvalue weighted by molar-refractivity contribution is 14.2. The van der Waals surface area contributed by atoms with Crippen LogP contribution in [-0.4, -0.2) is 70.4 Å². The molecular formula is C53H64F2I2N2O6S2. The van der Waals surface area contributed by atoms with Gasteiger partial charge in [-0.05, 0) is 147 Å². The first kappa shape index (κ1) is 52.6. The maximum atomic E-state index is 15.0. The van der Waals surface area contributed by atoms with Gasteiger partial charge >= 0.3 is 0 Å². The zero-order valence-electron chi connectivity index (χ0n) is 38.4. The van der Waals surface area contributed by atoms with Gasteiger partial charge in [-0.25, -0.2) is 8.78 Å². The van der Waals surface area contributed by atoms with Gasteiger partial charge in [0.05, 0.1) is 23.7 Å². The summed E-state index contributed by atoms with van der Waals surface area (Å²) < 4.78 is 46.9. The smallest absolute Gasteiger partial charge is 0.163 e. The van der Waals surface area contributed by atoms with E-state index in [4.69, 9.17) is 9.47 Å². The molecule has 8 nitrogen and oxygen atoms in total. The third-order valence-corrected chi connectivity index (χ3v) is 14.4. The summed E-state index contributed by atoms with van der Waals surface area (Å²) in [6.07, 6.45) is 4.87. The van der Waals surface area contributed by atoms with Crippen molar-refractivity contribution in [1.82, 2.24) is 9.13 Å². The van der Waals surface area contributed by atoms with Crippen molar-refractivity contribution in [2.75, 3.05) is 10.4 Å². The van der Waals surface area contributed by atoms with E-state index < -0.39 is 37.3 Å². The van der Waals surface area contributed by atoms with Gasteiger partial charge in [0.1, 0.15) is 42.3 Å². The van der Waals surface area contributed by atoms with E-state index in [0.717, 1.165) is 50.1 Å². The minimum absolute atomic E-state index is 0.0635. The SMILES string of the molecule is CC[C@H]1O[C@@H](n2cc(Cc3ccc(C4CC4)cc3)c3c(F)cccc32)[C@H](C)[C@@H](C)[C@@H]1C.OC[C@H]1O[C@@H](n2cc(Cc3ccc(C4CC4)cc3)c3c(F)cccc32)[C@H](O)[C@@H](O)[C@@H]1O.SCI.SI. The highest BCUT2D eigenvalue weighted by Crippen LogP contribution is 2.44. The largest absolute Gasteiger partial charge is 0.394 e. The van der Waals surface area contributed by atoms with Gasteiger partial charge in [0.15, 0.2) is 6.23 Å². The summed E-state index contributed by atoms with van der Waals surface area (Å²) in [5.41, 5.74) is 8.27. The Morgan fingerprint density at radius 1 is 0.612 bits per heavy atom. The normalized spacial score (nSPS) is 27.1. The summed E-state index contributed by atoms with van der Waals surface area (Å²) in [5, 5.41) is 41.5. The van der Waals surface area contributed by atoms with Crippen LogP contribution in [0, 0.1) is 29.4 Å². The number of rotatable bonds is 10. The molecule has 0 radical (unpaired) electrons. The second kappa shape index (κ2) is 23.8. The number of fused-ring (bicyclic) bond motifs is 2. The number of alkyl halides is 1. The first-order valence-electron chi connectivity index (χ1n) is 23.4. The molecule has 0 unspecified atom stereocenters. The molecule has 4 N–H and O–H groups in total. The van der Waals surface area contributed by atoms with E-state index in [2.05, 4.69) is 132 Å². The van der Waals surface area contributed by atoms with E-state index in [1.54, 1.807) is 29.0 Å². The Bertz CT molecular complexity index is 2360. The second-order valence-corrected chi connectivity index (χ2v) is 21.0. The van der Waals surface area contributed by atoms with Crippen molar-refractivity contribution in [3.05, 3.63) is 142 Å². The lowest BCUT2D eigenvalue weighted by Gasteiger charge is -2.44. The molecule has 0 spiro atoms. The molecule has 2 aliphatic heterocycles. The number of halogens is 4. The molecule has 4 heterocycles. The van der Waals surface area contributed by atoms with Crippen LogP contribution in [0.2, 0.25) is 0 Å². The maximum absolute atomic E-state index is 15.0. The molecule has 0 amide bonds. The van der Waals surface area contributed by atoms with Crippen molar-refractivity contribution in [3.8, 4) is 0 Å². The Labute approximate surface area is 430 Å². The average Bonchev–Trinajstić information content (AvgIpc) is 4.29. The van der Waals surface area contributed by atoms with Crippen molar-refractivity contribution >= 4 is 88.0 Å². The van der Waals surface area contributed by atoms with Crippen molar-refractivity contribution in [1.29, 1.82) is 0 Å². The Kier molecular flexibility index (Phi) is 18.6. The molecule has 2 aromatic heterocycles. The predicted molar refractivity (Wildman–Crippen MR) is 288 cm³/mol. The van der Waals surface area contributed by atoms with Gasteiger partial charge in [-0.3, -0.25) is 0 Å². The summed E-state index contributed by atoms with van der Waals surface area (Å²) >= 11 is 7.77. The Hall–Kier alpha value is -2.26. The number of aromatic nitrogens is 2. The number of aliphatic hydroxyl groups is 4. The van der Waals surface area contributed by atoms with Crippen LogP contribution in [-0.2, 0) is 22.3 Å². The summed E-state index contributed by atoms with van der Waals surface area (Å²) in [7, 11) is 3.50. The molecule has 2 saturated carbocycles. The van der Waals surface area contributed by atoms with Crippen LogP contribution in [0.3, 0.4) is 0 Å². The summed E-state index contributed by atoms with van der Waals surface area (Å²) in [4.78, 5) is 0. The zero-order chi connectivity index (χ0) is 48.1. The summed E-state index contributed by atoms with van der Waals surface area (Å²) in [6.45, 7) is 8.59. The maximum Gasteiger partial charge on any atom is 0.163 e. The molecule has 4 aliphatic rings. The van der Waals surface area contributed by atoms with Gasteiger partial charge < -0.3 is 39.0 Å². The molecule has 362 valence electrons. The molecule has 0 bridgehead atoms. The number of nitrogens with zero attached hydrogens (tertiary/aromatic N) is 2. The number of aliphatic hydroxyl groups excluding tert-OH is 4. The Balaban J connectivity index is 0.000000182. The first-order valence-corrected chi connectivity index (χ1v) is 28.8. The fourth-order valence-electron chi connectivity index (χ4n) is 10.1. The molecule has 10 atom stereocenters. The van der Waals surface area contributed by atoms with E-state index in [1.807, 2.05) is 33.3 Å². The monoisotopic (exact) mass is 1180 g/mol. The molecule has 4 fully saturated rings. The number of thiol groups is 2. The van der Waals surface area contributed by atoms with Crippen LogP contribution in [0.25, 0.3) is 21.8 Å². The Morgan fingerprint density at radius 2 is 1.04 bits per heavy atom. The lowest BCUT2D eigenvalue weighted by Crippen LogP contribution is -2.56. The summed E-state index contributed by atoms with van der Waals surface area (Å²) in [5.74, 6) is 2.34. The minimum atomic E-state index is -1.50. The van der Waals surface area contributed by atoms with E-state index in [9.17, 15) is 24.8 Å². The van der Waals surface area contributed by atoms with Gasteiger partial charge in [-0.15, -0.1) is 9.80 Å². The van der Waals surface area contributed by atoms with Gasteiger partial charge in [-0.1, -0.05) is 111 Å². The quantitative estimate of drug-likeness (QED) is 0.0463. The molecule has 10 rings (SSSR count). The fraction of sp³-hybridized carbons (Fsp3) is 0.472. The van der Waals surface area contributed by atoms with Crippen molar-refractivity contribution in [3.63, 3.8) is 0 Å². The van der Waals surface area contributed by atoms with Crippen LogP contribution < -0.4 is 0 Å². The van der Waals surface area contributed by atoms with Crippen LogP contribution in [0.4, 0.5) is 8.78 Å². The van der Waals surface area contributed by atoms with Crippen LogP contribution in [0.5, 0.6) is 0 Å². The third kappa shape index (κ3) is 11.8. The molecule has 6 aromatic rings. The fourth-order valence-corrected chi connectivity index (χ4v) is 10.1. The molecule has 67 heavy (non-hydrogen) atoms. The van der Waals surface area contributed by atoms with E-state index in [-0.39, 0.29) is 24.0 Å². The van der Waals surface area contributed by atoms with E-state index in [0.29, 0.717) is 41.0 Å². The third-order valence-electron chi connectivity index (χ3n) is 14.4. The lowest BCUT2D eigenvalue weighted by molar-refractivity contribution is -0.250. The Morgan fingerprint density at radius 3 is 1.46 bits per heavy atom. The van der Waals surface area contributed by atoms with Crippen LogP contribution >= 0.6 is 66.2 Å².